The highest BCUT2D eigenvalue weighted by molar-refractivity contribution is 5.44. The lowest BCUT2D eigenvalue weighted by Crippen LogP contribution is -2.26. The van der Waals surface area contributed by atoms with Gasteiger partial charge in [-0.1, -0.05) is 18.2 Å². The second-order valence-corrected chi connectivity index (χ2v) is 4.66. The number of para-hydroxylation sites is 1. The molecule has 1 fully saturated rings. The molecule has 0 bridgehead atoms. The summed E-state index contributed by atoms with van der Waals surface area (Å²) in [5.41, 5.74) is 1.32. The zero-order valence-electron chi connectivity index (χ0n) is 10.2. The number of hydrogen-bond donors (Lipinski definition) is 0. The van der Waals surface area contributed by atoms with Crippen LogP contribution in [-0.4, -0.2) is 38.1 Å². The summed E-state index contributed by atoms with van der Waals surface area (Å²) in [6.45, 7) is 5.04. The SMILES string of the molecule is CN(CCCN1CCCC1)c1ccccc1. The third-order valence-corrected chi connectivity index (χ3v) is 3.36. The molecule has 1 aromatic carbocycles. The van der Waals surface area contributed by atoms with Crippen molar-refractivity contribution in [3.8, 4) is 0 Å². The number of anilines is 1. The van der Waals surface area contributed by atoms with Crippen LogP contribution < -0.4 is 4.90 Å². The zero-order valence-corrected chi connectivity index (χ0v) is 10.2. The average molecular weight is 218 g/mol. The van der Waals surface area contributed by atoms with Crippen LogP contribution in [0.5, 0.6) is 0 Å². The standard InChI is InChI=1S/C14H22N2/c1-15(14-8-3-2-4-9-14)10-7-13-16-11-5-6-12-16/h2-4,8-9H,5-7,10-13H2,1H3. The summed E-state index contributed by atoms with van der Waals surface area (Å²) in [6.07, 6.45) is 4.06. The van der Waals surface area contributed by atoms with Gasteiger partial charge < -0.3 is 9.80 Å². The third kappa shape index (κ3) is 3.24. The van der Waals surface area contributed by atoms with Gasteiger partial charge in [-0.3, -0.25) is 0 Å². The van der Waals surface area contributed by atoms with E-state index in [1.54, 1.807) is 0 Å². The maximum atomic E-state index is 2.58. The van der Waals surface area contributed by atoms with Gasteiger partial charge in [0.1, 0.15) is 0 Å². The van der Waals surface area contributed by atoms with Crippen molar-refractivity contribution in [1.29, 1.82) is 0 Å². The largest absolute Gasteiger partial charge is 0.375 e. The topological polar surface area (TPSA) is 6.48 Å². The van der Waals surface area contributed by atoms with Crippen molar-refractivity contribution in [3.05, 3.63) is 30.3 Å². The van der Waals surface area contributed by atoms with Crippen LogP contribution in [0.2, 0.25) is 0 Å². The summed E-state index contributed by atoms with van der Waals surface area (Å²) in [7, 11) is 2.18. The van der Waals surface area contributed by atoms with E-state index in [-0.39, 0.29) is 0 Å². The van der Waals surface area contributed by atoms with E-state index in [2.05, 4.69) is 47.2 Å². The molecule has 1 aliphatic heterocycles. The Balaban J connectivity index is 1.69. The second kappa shape index (κ2) is 5.90. The van der Waals surface area contributed by atoms with Crippen LogP contribution in [0.25, 0.3) is 0 Å². The van der Waals surface area contributed by atoms with Crippen molar-refractivity contribution < 1.29 is 0 Å². The fraction of sp³-hybridized carbons (Fsp3) is 0.571. The quantitative estimate of drug-likeness (QED) is 0.749. The number of likely N-dealkylation sites (tertiary alicyclic amines) is 1. The molecule has 0 spiro atoms. The van der Waals surface area contributed by atoms with Gasteiger partial charge in [0, 0.05) is 19.3 Å². The second-order valence-electron chi connectivity index (χ2n) is 4.66. The lowest BCUT2D eigenvalue weighted by molar-refractivity contribution is 0.335. The fourth-order valence-corrected chi connectivity index (χ4v) is 2.35. The molecule has 1 aliphatic rings. The van der Waals surface area contributed by atoms with Crippen molar-refractivity contribution in [2.24, 2.45) is 0 Å². The molecule has 0 N–H and O–H groups in total. The molecule has 0 radical (unpaired) electrons. The van der Waals surface area contributed by atoms with E-state index in [0.29, 0.717) is 0 Å². The molecule has 0 saturated carbocycles. The minimum absolute atomic E-state index is 1.15. The molecular weight excluding hydrogens is 196 g/mol. The first kappa shape index (κ1) is 11.5. The lowest BCUT2D eigenvalue weighted by atomic mass is 10.3. The predicted molar refractivity (Wildman–Crippen MR) is 70.0 cm³/mol. The van der Waals surface area contributed by atoms with Crippen molar-refractivity contribution in [1.82, 2.24) is 4.90 Å². The summed E-state index contributed by atoms with van der Waals surface area (Å²) >= 11 is 0. The maximum absolute atomic E-state index is 2.58. The molecule has 0 atom stereocenters. The van der Waals surface area contributed by atoms with Gasteiger partial charge in [0.25, 0.3) is 0 Å². The maximum Gasteiger partial charge on any atom is 0.0363 e. The monoisotopic (exact) mass is 218 g/mol. The van der Waals surface area contributed by atoms with Gasteiger partial charge >= 0.3 is 0 Å². The molecule has 1 aromatic rings. The van der Waals surface area contributed by atoms with Crippen LogP contribution >= 0.6 is 0 Å². The van der Waals surface area contributed by atoms with E-state index in [0.717, 1.165) is 6.54 Å². The van der Waals surface area contributed by atoms with Gasteiger partial charge in [0.15, 0.2) is 0 Å². The van der Waals surface area contributed by atoms with Gasteiger partial charge in [-0.2, -0.15) is 0 Å². The molecule has 2 nitrogen and oxygen atoms in total. The Hall–Kier alpha value is -1.02. The van der Waals surface area contributed by atoms with Crippen molar-refractivity contribution in [2.75, 3.05) is 38.1 Å². The molecule has 2 heteroatoms. The zero-order chi connectivity index (χ0) is 11.2. The Morgan fingerprint density at radius 2 is 1.81 bits per heavy atom. The summed E-state index contributed by atoms with van der Waals surface area (Å²) in [6, 6.07) is 10.6. The molecule has 1 saturated heterocycles. The number of rotatable bonds is 5. The molecule has 1 heterocycles. The minimum atomic E-state index is 1.15. The molecular formula is C14H22N2. The van der Waals surface area contributed by atoms with E-state index in [1.165, 1.54) is 44.6 Å². The molecule has 16 heavy (non-hydrogen) atoms. The Morgan fingerprint density at radius 1 is 1.12 bits per heavy atom. The normalized spacial score (nSPS) is 16.6. The number of benzene rings is 1. The van der Waals surface area contributed by atoms with E-state index >= 15 is 0 Å². The first-order valence-corrected chi connectivity index (χ1v) is 6.35. The van der Waals surface area contributed by atoms with Crippen LogP contribution in [0.1, 0.15) is 19.3 Å². The third-order valence-electron chi connectivity index (χ3n) is 3.36. The van der Waals surface area contributed by atoms with Crippen molar-refractivity contribution >= 4 is 5.69 Å². The minimum Gasteiger partial charge on any atom is -0.375 e. The van der Waals surface area contributed by atoms with Crippen LogP contribution in [-0.2, 0) is 0 Å². The van der Waals surface area contributed by atoms with Gasteiger partial charge in [-0.15, -0.1) is 0 Å². The molecule has 2 rings (SSSR count). The highest BCUT2D eigenvalue weighted by Crippen LogP contribution is 2.12. The van der Waals surface area contributed by atoms with E-state index in [4.69, 9.17) is 0 Å². The van der Waals surface area contributed by atoms with Gasteiger partial charge in [-0.25, -0.2) is 0 Å². The first-order valence-electron chi connectivity index (χ1n) is 6.35. The molecule has 88 valence electrons. The molecule has 0 aromatic heterocycles. The summed E-state index contributed by atoms with van der Waals surface area (Å²) < 4.78 is 0. The molecule has 0 aliphatic carbocycles. The summed E-state index contributed by atoms with van der Waals surface area (Å²) in [4.78, 5) is 4.93. The summed E-state index contributed by atoms with van der Waals surface area (Å²) in [5.74, 6) is 0. The highest BCUT2D eigenvalue weighted by Gasteiger charge is 2.10. The molecule has 0 unspecified atom stereocenters. The highest BCUT2D eigenvalue weighted by atomic mass is 15.1. The van der Waals surface area contributed by atoms with Crippen molar-refractivity contribution in [2.45, 2.75) is 19.3 Å². The average Bonchev–Trinajstić information content (AvgIpc) is 2.83. The van der Waals surface area contributed by atoms with Gasteiger partial charge in [0.05, 0.1) is 0 Å². The predicted octanol–water partition coefficient (Wildman–Crippen LogP) is 2.61. The lowest BCUT2D eigenvalue weighted by Gasteiger charge is -2.21. The van der Waals surface area contributed by atoms with E-state index < -0.39 is 0 Å². The number of nitrogens with zero attached hydrogens (tertiary/aromatic N) is 2. The van der Waals surface area contributed by atoms with Crippen LogP contribution in [0, 0.1) is 0 Å². The van der Waals surface area contributed by atoms with Crippen LogP contribution in [0.3, 0.4) is 0 Å². The Bertz CT molecular complexity index is 291. The fourth-order valence-electron chi connectivity index (χ4n) is 2.35. The summed E-state index contributed by atoms with van der Waals surface area (Å²) in [5, 5.41) is 0. The van der Waals surface area contributed by atoms with E-state index in [1.807, 2.05) is 0 Å². The van der Waals surface area contributed by atoms with Crippen LogP contribution in [0.15, 0.2) is 30.3 Å². The Kier molecular flexibility index (Phi) is 4.23. The van der Waals surface area contributed by atoms with Crippen LogP contribution in [0.4, 0.5) is 5.69 Å². The van der Waals surface area contributed by atoms with Crippen molar-refractivity contribution in [3.63, 3.8) is 0 Å². The Morgan fingerprint density at radius 3 is 2.50 bits per heavy atom. The Labute approximate surface area is 98.9 Å². The first-order chi connectivity index (χ1) is 7.86. The molecule has 0 amide bonds. The van der Waals surface area contributed by atoms with E-state index in [9.17, 15) is 0 Å². The van der Waals surface area contributed by atoms with Gasteiger partial charge in [0.2, 0.25) is 0 Å². The number of hydrogen-bond acceptors (Lipinski definition) is 2. The van der Waals surface area contributed by atoms with Gasteiger partial charge in [-0.05, 0) is 51.0 Å². The smallest absolute Gasteiger partial charge is 0.0363 e.